The van der Waals surface area contributed by atoms with E-state index >= 15 is 0 Å². The van der Waals surface area contributed by atoms with Crippen LogP contribution >= 0.6 is 23.2 Å². The third kappa shape index (κ3) is 4.31. The van der Waals surface area contributed by atoms with Crippen LogP contribution in [0.25, 0.3) is 4.85 Å². The van der Waals surface area contributed by atoms with Crippen LogP contribution in [-0.4, -0.2) is 31.1 Å². The molecule has 0 aromatic heterocycles. The first kappa shape index (κ1) is 22.6. The highest BCUT2D eigenvalue weighted by atomic mass is 35.5. The maximum Gasteiger partial charge on any atom is 0.190 e. The zero-order chi connectivity index (χ0) is 23.7. The second kappa shape index (κ2) is 9.57. The molecule has 5 rings (SSSR count). The van der Waals surface area contributed by atoms with Crippen molar-refractivity contribution in [2.75, 3.05) is 31.1 Å². The van der Waals surface area contributed by atoms with Gasteiger partial charge in [-0.3, -0.25) is 4.90 Å². The Balaban J connectivity index is 1.51. The van der Waals surface area contributed by atoms with Crippen molar-refractivity contribution < 1.29 is 4.74 Å². The van der Waals surface area contributed by atoms with Gasteiger partial charge in [0.25, 0.3) is 0 Å². The van der Waals surface area contributed by atoms with Crippen LogP contribution in [-0.2, 0) is 0 Å². The van der Waals surface area contributed by atoms with Gasteiger partial charge in [0, 0.05) is 47.7 Å². The SMILES string of the molecule is [C-]#[N+]c1ccc2c(c1)OCC[C@H]2N1CCN(c2ccc(Cl)cc2C#N)[C@H](c2ccc(Cl)cc2)C1. The Bertz CT molecular complexity index is 1300. The Hall–Kier alpha value is -3.22. The molecule has 34 heavy (non-hydrogen) atoms. The molecule has 1 fully saturated rings. The molecule has 0 amide bonds. The number of nitriles is 1. The first-order chi connectivity index (χ1) is 16.6. The number of hydrogen-bond donors (Lipinski definition) is 0. The largest absolute Gasteiger partial charge is 0.494 e. The number of halogens is 2. The lowest BCUT2D eigenvalue weighted by Gasteiger charge is -2.47. The van der Waals surface area contributed by atoms with E-state index in [4.69, 9.17) is 34.5 Å². The molecule has 0 saturated carbocycles. The molecule has 7 heteroatoms. The van der Waals surface area contributed by atoms with Gasteiger partial charge in [0.1, 0.15) is 11.8 Å². The van der Waals surface area contributed by atoms with Gasteiger partial charge in [0.15, 0.2) is 5.69 Å². The third-order valence-corrected chi connectivity index (χ3v) is 7.12. The average molecular weight is 489 g/mol. The summed E-state index contributed by atoms with van der Waals surface area (Å²) in [5, 5.41) is 11.0. The van der Waals surface area contributed by atoms with E-state index in [1.54, 1.807) is 6.07 Å². The van der Waals surface area contributed by atoms with Gasteiger partial charge < -0.3 is 9.64 Å². The summed E-state index contributed by atoms with van der Waals surface area (Å²) in [6, 6.07) is 21.8. The summed E-state index contributed by atoms with van der Waals surface area (Å²) in [6.07, 6.45) is 0.891. The Labute approximate surface area is 209 Å². The van der Waals surface area contributed by atoms with Gasteiger partial charge in [-0.1, -0.05) is 47.5 Å². The van der Waals surface area contributed by atoms with Gasteiger partial charge in [-0.2, -0.15) is 5.26 Å². The third-order valence-electron chi connectivity index (χ3n) is 6.63. The van der Waals surface area contributed by atoms with E-state index in [0.717, 1.165) is 48.6 Å². The van der Waals surface area contributed by atoms with Crippen molar-refractivity contribution in [2.45, 2.75) is 18.5 Å². The Morgan fingerprint density at radius 1 is 0.971 bits per heavy atom. The molecule has 3 aromatic rings. The topological polar surface area (TPSA) is 43.9 Å². The molecule has 3 aromatic carbocycles. The average Bonchev–Trinajstić information content (AvgIpc) is 2.88. The van der Waals surface area contributed by atoms with Crippen molar-refractivity contribution in [1.29, 1.82) is 5.26 Å². The molecule has 0 N–H and O–H groups in total. The molecule has 2 atom stereocenters. The van der Waals surface area contributed by atoms with Gasteiger partial charge >= 0.3 is 0 Å². The lowest BCUT2D eigenvalue weighted by atomic mass is 9.94. The second-order valence-corrected chi connectivity index (χ2v) is 9.39. The van der Waals surface area contributed by atoms with Crippen molar-refractivity contribution in [1.82, 2.24) is 4.90 Å². The van der Waals surface area contributed by atoms with Crippen molar-refractivity contribution in [3.8, 4) is 11.8 Å². The van der Waals surface area contributed by atoms with Gasteiger partial charge in [-0.15, -0.1) is 0 Å². The summed E-state index contributed by atoms with van der Waals surface area (Å²) in [6.45, 7) is 10.3. The van der Waals surface area contributed by atoms with Crippen LogP contribution < -0.4 is 9.64 Å². The van der Waals surface area contributed by atoms with Crippen LogP contribution in [0.15, 0.2) is 60.7 Å². The van der Waals surface area contributed by atoms with Gasteiger partial charge in [-0.25, -0.2) is 4.85 Å². The fourth-order valence-electron chi connectivity index (χ4n) is 5.00. The van der Waals surface area contributed by atoms with Crippen LogP contribution in [0, 0.1) is 17.9 Å². The maximum atomic E-state index is 9.78. The normalized spacial score (nSPS) is 20.1. The van der Waals surface area contributed by atoms with E-state index in [2.05, 4.69) is 32.8 Å². The van der Waals surface area contributed by atoms with E-state index in [1.165, 1.54) is 0 Å². The predicted octanol–water partition coefficient (Wildman–Crippen LogP) is 6.80. The molecular weight excluding hydrogens is 467 g/mol. The molecule has 5 nitrogen and oxygen atoms in total. The second-order valence-electron chi connectivity index (χ2n) is 8.52. The summed E-state index contributed by atoms with van der Waals surface area (Å²) in [7, 11) is 0. The summed E-state index contributed by atoms with van der Waals surface area (Å²) < 4.78 is 5.90. The smallest absolute Gasteiger partial charge is 0.190 e. The van der Waals surface area contributed by atoms with Crippen LogP contribution in [0.1, 0.15) is 35.2 Å². The first-order valence-corrected chi connectivity index (χ1v) is 11.9. The van der Waals surface area contributed by atoms with E-state index in [9.17, 15) is 5.26 Å². The zero-order valence-electron chi connectivity index (χ0n) is 18.4. The number of anilines is 1. The van der Waals surface area contributed by atoms with E-state index < -0.39 is 0 Å². The van der Waals surface area contributed by atoms with Gasteiger partial charge in [0.05, 0.1) is 30.5 Å². The Kier molecular flexibility index (Phi) is 6.35. The fraction of sp³-hybridized carbons (Fsp3) is 0.259. The van der Waals surface area contributed by atoms with Crippen molar-refractivity contribution in [3.05, 3.63) is 98.8 Å². The standard InChI is InChI=1S/C27H22Cl2N4O/c1-31-22-7-8-23-25(10-13-34-27(23)15-22)32-11-12-33(24-9-6-21(29)14-19(24)16-30)26(17-32)18-2-4-20(28)5-3-18/h2-9,14-15,25-26H,10-13,17H2/t25-,26+/m1/s1. The summed E-state index contributed by atoms with van der Waals surface area (Å²) >= 11 is 12.4. The molecule has 0 spiro atoms. The number of piperazine rings is 1. The molecule has 0 unspecified atom stereocenters. The Morgan fingerprint density at radius 2 is 1.76 bits per heavy atom. The Morgan fingerprint density at radius 3 is 2.53 bits per heavy atom. The zero-order valence-corrected chi connectivity index (χ0v) is 19.9. The lowest BCUT2D eigenvalue weighted by Crippen LogP contribution is -2.50. The van der Waals surface area contributed by atoms with Crippen LogP contribution in [0.5, 0.6) is 5.75 Å². The summed E-state index contributed by atoms with van der Waals surface area (Å²) in [5.41, 5.74) is 4.33. The number of fused-ring (bicyclic) bond motifs is 1. The predicted molar refractivity (Wildman–Crippen MR) is 135 cm³/mol. The highest BCUT2D eigenvalue weighted by Crippen LogP contribution is 2.42. The minimum absolute atomic E-state index is 0.0353. The van der Waals surface area contributed by atoms with Crippen molar-refractivity contribution in [3.63, 3.8) is 0 Å². The van der Waals surface area contributed by atoms with Crippen LogP contribution in [0.2, 0.25) is 10.0 Å². The fourth-order valence-corrected chi connectivity index (χ4v) is 5.30. The van der Waals surface area contributed by atoms with Crippen molar-refractivity contribution >= 4 is 34.6 Å². The lowest BCUT2D eigenvalue weighted by molar-refractivity contribution is 0.117. The van der Waals surface area contributed by atoms with Crippen LogP contribution in [0.4, 0.5) is 11.4 Å². The molecule has 2 aliphatic heterocycles. The van der Waals surface area contributed by atoms with E-state index in [-0.39, 0.29) is 12.1 Å². The number of ether oxygens (including phenoxy) is 1. The highest BCUT2D eigenvalue weighted by molar-refractivity contribution is 6.31. The monoisotopic (exact) mass is 488 g/mol. The van der Waals surface area contributed by atoms with Crippen molar-refractivity contribution in [2.24, 2.45) is 0 Å². The molecule has 2 aliphatic rings. The van der Waals surface area contributed by atoms with Gasteiger partial charge in [0.2, 0.25) is 0 Å². The summed E-state index contributed by atoms with van der Waals surface area (Å²) in [5.74, 6) is 0.805. The number of nitrogens with zero attached hydrogens (tertiary/aromatic N) is 4. The molecule has 170 valence electrons. The summed E-state index contributed by atoms with van der Waals surface area (Å²) in [4.78, 5) is 8.34. The molecule has 0 bridgehead atoms. The number of benzene rings is 3. The molecule has 2 heterocycles. The highest BCUT2D eigenvalue weighted by Gasteiger charge is 2.35. The number of hydrogen-bond acceptors (Lipinski definition) is 4. The van der Waals surface area contributed by atoms with E-state index in [0.29, 0.717) is 27.9 Å². The quantitative estimate of drug-likeness (QED) is 0.380. The minimum atomic E-state index is 0.0353. The van der Waals surface area contributed by atoms with Crippen LogP contribution in [0.3, 0.4) is 0 Å². The molecule has 1 saturated heterocycles. The van der Waals surface area contributed by atoms with Gasteiger partial charge in [-0.05, 0) is 42.0 Å². The van der Waals surface area contributed by atoms with E-state index in [1.807, 2.05) is 42.5 Å². The molecule has 0 radical (unpaired) electrons. The molecule has 0 aliphatic carbocycles. The minimum Gasteiger partial charge on any atom is -0.494 e. The number of rotatable bonds is 3. The molecular formula is C27H22Cl2N4O. The first-order valence-electron chi connectivity index (χ1n) is 11.2. The maximum absolute atomic E-state index is 9.78.